The van der Waals surface area contributed by atoms with Crippen LogP contribution >= 0.6 is 11.6 Å². The summed E-state index contributed by atoms with van der Waals surface area (Å²) in [5.74, 6) is -1.07. The third kappa shape index (κ3) is 4.08. The van der Waals surface area contributed by atoms with Crippen LogP contribution in [-0.4, -0.2) is 23.6 Å². The highest BCUT2D eigenvalue weighted by Gasteiger charge is 2.13. The van der Waals surface area contributed by atoms with E-state index in [4.69, 9.17) is 21.4 Å². The van der Waals surface area contributed by atoms with Gasteiger partial charge < -0.3 is 15.2 Å². The third-order valence-corrected chi connectivity index (χ3v) is 3.81. The van der Waals surface area contributed by atoms with E-state index in [0.717, 1.165) is 10.8 Å². The lowest BCUT2D eigenvalue weighted by atomic mass is 10.1. The molecule has 0 radical (unpaired) electrons. The summed E-state index contributed by atoms with van der Waals surface area (Å²) >= 11 is 5.86. The van der Waals surface area contributed by atoms with Crippen molar-refractivity contribution in [2.75, 3.05) is 11.9 Å². The van der Waals surface area contributed by atoms with E-state index in [1.807, 2.05) is 36.4 Å². The maximum Gasteiger partial charge on any atom is 0.337 e. The predicted molar refractivity (Wildman–Crippen MR) is 96.5 cm³/mol. The van der Waals surface area contributed by atoms with Crippen molar-refractivity contribution in [1.29, 1.82) is 0 Å². The smallest absolute Gasteiger partial charge is 0.337 e. The number of rotatable bonds is 5. The van der Waals surface area contributed by atoms with E-state index < -0.39 is 11.9 Å². The summed E-state index contributed by atoms with van der Waals surface area (Å²) in [4.78, 5) is 23.3. The largest absolute Gasteiger partial charge is 0.484 e. The third-order valence-electron chi connectivity index (χ3n) is 3.58. The second-order valence-corrected chi connectivity index (χ2v) is 5.78. The van der Waals surface area contributed by atoms with Crippen LogP contribution in [0.4, 0.5) is 5.69 Å². The molecule has 2 N–H and O–H groups in total. The molecule has 0 unspecified atom stereocenters. The molecule has 0 aromatic heterocycles. The van der Waals surface area contributed by atoms with Gasteiger partial charge in [0, 0.05) is 5.02 Å². The van der Waals surface area contributed by atoms with Gasteiger partial charge in [-0.05, 0) is 41.1 Å². The van der Waals surface area contributed by atoms with Gasteiger partial charge in [0.2, 0.25) is 0 Å². The molecule has 0 saturated carbocycles. The molecule has 0 atom stereocenters. The molecule has 3 aromatic carbocycles. The number of nitrogens with one attached hydrogen (secondary N) is 1. The lowest BCUT2D eigenvalue weighted by molar-refractivity contribution is -0.118. The number of halogens is 1. The monoisotopic (exact) mass is 355 g/mol. The quantitative estimate of drug-likeness (QED) is 0.718. The predicted octanol–water partition coefficient (Wildman–Crippen LogP) is 4.21. The van der Waals surface area contributed by atoms with Crippen molar-refractivity contribution in [3.05, 3.63) is 71.2 Å². The van der Waals surface area contributed by atoms with Crippen molar-refractivity contribution in [2.45, 2.75) is 0 Å². The highest BCUT2D eigenvalue weighted by Crippen LogP contribution is 2.22. The number of hydrogen-bond donors (Lipinski definition) is 2. The van der Waals surface area contributed by atoms with Gasteiger partial charge in [-0.3, -0.25) is 4.79 Å². The van der Waals surface area contributed by atoms with Gasteiger partial charge >= 0.3 is 5.97 Å². The fraction of sp³-hybridized carbons (Fsp3) is 0.0526. The van der Waals surface area contributed by atoms with Crippen LogP contribution in [-0.2, 0) is 4.79 Å². The van der Waals surface area contributed by atoms with Gasteiger partial charge in [-0.2, -0.15) is 0 Å². The van der Waals surface area contributed by atoms with E-state index in [0.29, 0.717) is 10.8 Å². The molecule has 126 valence electrons. The highest BCUT2D eigenvalue weighted by molar-refractivity contribution is 6.31. The Labute approximate surface area is 148 Å². The average Bonchev–Trinajstić information content (AvgIpc) is 2.59. The number of carbonyl (C=O) groups is 2. The summed E-state index contributed by atoms with van der Waals surface area (Å²) < 4.78 is 5.49. The van der Waals surface area contributed by atoms with E-state index in [2.05, 4.69) is 5.32 Å². The molecular weight excluding hydrogens is 342 g/mol. The molecule has 1 amide bonds. The topological polar surface area (TPSA) is 75.6 Å². The molecule has 0 fully saturated rings. The Morgan fingerprint density at radius 2 is 1.76 bits per heavy atom. The highest BCUT2D eigenvalue weighted by atomic mass is 35.5. The zero-order chi connectivity index (χ0) is 17.8. The molecule has 3 rings (SSSR count). The standard InChI is InChI=1S/C19H14ClNO4/c20-14-6-8-16(19(23)24)17(10-14)21-18(22)11-25-15-7-5-12-3-1-2-4-13(12)9-15/h1-10H,11H2,(H,21,22)(H,23,24). The average molecular weight is 356 g/mol. The number of carbonyl (C=O) groups excluding carboxylic acids is 1. The second kappa shape index (κ2) is 7.23. The number of anilines is 1. The maximum absolute atomic E-state index is 12.1. The van der Waals surface area contributed by atoms with Crippen molar-refractivity contribution >= 4 is 39.9 Å². The lowest BCUT2D eigenvalue weighted by Gasteiger charge is -2.10. The summed E-state index contributed by atoms with van der Waals surface area (Å²) in [6.07, 6.45) is 0. The Morgan fingerprint density at radius 1 is 1.00 bits per heavy atom. The van der Waals surface area contributed by atoms with Crippen molar-refractivity contribution in [2.24, 2.45) is 0 Å². The molecule has 0 spiro atoms. The fourth-order valence-electron chi connectivity index (χ4n) is 2.40. The number of fused-ring (bicyclic) bond motifs is 1. The summed E-state index contributed by atoms with van der Waals surface area (Å²) in [6.45, 7) is -0.246. The van der Waals surface area contributed by atoms with Gasteiger partial charge in [0.1, 0.15) is 5.75 Å². The summed E-state index contributed by atoms with van der Waals surface area (Å²) in [7, 11) is 0. The molecule has 5 nitrogen and oxygen atoms in total. The van der Waals surface area contributed by atoms with Crippen LogP contribution in [0.15, 0.2) is 60.7 Å². The molecule has 0 aliphatic carbocycles. The number of hydrogen-bond acceptors (Lipinski definition) is 3. The summed E-state index contributed by atoms with van der Waals surface area (Å²) in [5, 5.41) is 14.1. The van der Waals surface area contributed by atoms with Crippen molar-refractivity contribution in [3.8, 4) is 5.75 Å². The van der Waals surface area contributed by atoms with Crippen LogP contribution < -0.4 is 10.1 Å². The number of aromatic carboxylic acids is 1. The van der Waals surface area contributed by atoms with Crippen molar-refractivity contribution in [1.82, 2.24) is 0 Å². The molecule has 0 heterocycles. The van der Waals surface area contributed by atoms with Crippen LogP contribution in [0, 0.1) is 0 Å². The SMILES string of the molecule is O=C(COc1ccc2ccccc2c1)Nc1cc(Cl)ccc1C(=O)O. The fourth-order valence-corrected chi connectivity index (χ4v) is 2.57. The van der Waals surface area contributed by atoms with Crippen molar-refractivity contribution < 1.29 is 19.4 Å². The van der Waals surface area contributed by atoms with E-state index in [-0.39, 0.29) is 17.9 Å². The zero-order valence-electron chi connectivity index (χ0n) is 13.0. The van der Waals surface area contributed by atoms with Gasteiger partial charge in [0.05, 0.1) is 11.3 Å². The van der Waals surface area contributed by atoms with Gasteiger partial charge in [-0.15, -0.1) is 0 Å². The first-order valence-corrected chi connectivity index (χ1v) is 7.85. The number of carboxylic acids is 1. The molecule has 6 heteroatoms. The van der Waals surface area contributed by atoms with Gasteiger partial charge in [-0.1, -0.05) is 41.9 Å². The Hall–Kier alpha value is -3.05. The first kappa shape index (κ1) is 16.8. The Morgan fingerprint density at radius 3 is 2.52 bits per heavy atom. The molecule has 0 aliphatic heterocycles. The molecule has 3 aromatic rings. The Kier molecular flexibility index (Phi) is 4.86. The van der Waals surface area contributed by atoms with E-state index in [1.54, 1.807) is 6.07 Å². The minimum Gasteiger partial charge on any atom is -0.484 e. The summed E-state index contributed by atoms with van der Waals surface area (Å²) in [5.41, 5.74) is 0.0931. The zero-order valence-corrected chi connectivity index (χ0v) is 13.8. The molecule has 0 saturated heterocycles. The van der Waals surface area contributed by atoms with Crippen LogP contribution in [0.5, 0.6) is 5.75 Å². The first-order valence-electron chi connectivity index (χ1n) is 7.47. The van der Waals surface area contributed by atoms with Crippen LogP contribution in [0.2, 0.25) is 5.02 Å². The number of carboxylic acid groups (broad SMARTS) is 1. The first-order chi connectivity index (χ1) is 12.0. The normalized spacial score (nSPS) is 10.4. The van der Waals surface area contributed by atoms with Crippen LogP contribution in [0.1, 0.15) is 10.4 Å². The minimum atomic E-state index is -1.15. The molecular formula is C19H14ClNO4. The van der Waals surface area contributed by atoms with E-state index in [1.165, 1.54) is 18.2 Å². The molecule has 0 aliphatic rings. The van der Waals surface area contributed by atoms with Crippen LogP contribution in [0.25, 0.3) is 10.8 Å². The molecule has 25 heavy (non-hydrogen) atoms. The van der Waals surface area contributed by atoms with Crippen LogP contribution in [0.3, 0.4) is 0 Å². The Bertz CT molecular complexity index is 955. The van der Waals surface area contributed by atoms with E-state index in [9.17, 15) is 9.59 Å². The molecule has 0 bridgehead atoms. The minimum absolute atomic E-state index is 0.0385. The number of benzene rings is 3. The van der Waals surface area contributed by atoms with Gasteiger partial charge in [0.25, 0.3) is 5.91 Å². The van der Waals surface area contributed by atoms with Crippen molar-refractivity contribution in [3.63, 3.8) is 0 Å². The van der Waals surface area contributed by atoms with Gasteiger partial charge in [-0.25, -0.2) is 4.79 Å². The van der Waals surface area contributed by atoms with E-state index >= 15 is 0 Å². The number of amides is 1. The Balaban J connectivity index is 1.68. The van der Waals surface area contributed by atoms with Gasteiger partial charge in [0.15, 0.2) is 6.61 Å². The summed E-state index contributed by atoms with van der Waals surface area (Å²) in [6, 6.07) is 17.5. The second-order valence-electron chi connectivity index (χ2n) is 5.34. The lowest BCUT2D eigenvalue weighted by Crippen LogP contribution is -2.21. The maximum atomic E-state index is 12.1. The number of ether oxygens (including phenoxy) is 1.